The summed E-state index contributed by atoms with van der Waals surface area (Å²) in [6.07, 6.45) is 0. The molecule has 2 rings (SSSR count). The number of benzene rings is 1. The van der Waals surface area contributed by atoms with Gasteiger partial charge in [0.2, 0.25) is 5.69 Å². The molecule has 1 aromatic carbocycles. The summed E-state index contributed by atoms with van der Waals surface area (Å²) >= 11 is 0. The Balaban J connectivity index is 2.87. The Hall–Kier alpha value is -2.84. The number of hydrogen-bond acceptors (Lipinski definition) is 4. The van der Waals surface area contributed by atoms with Gasteiger partial charge in [0.15, 0.2) is 11.6 Å². The van der Waals surface area contributed by atoms with Crippen LogP contribution < -0.4 is 11.2 Å². The average Bonchev–Trinajstić information content (AvgIpc) is 2.42. The lowest BCUT2D eigenvalue weighted by molar-refractivity contribution is 0.0684. The summed E-state index contributed by atoms with van der Waals surface area (Å²) in [5.41, 5.74) is -3.33. The number of carboxylic acids is 1. The van der Waals surface area contributed by atoms with Crippen molar-refractivity contribution in [2.75, 3.05) is 0 Å². The molecular formula is C12H9F2N3O4. The van der Waals surface area contributed by atoms with Crippen LogP contribution in [0.1, 0.15) is 17.4 Å². The molecule has 9 heteroatoms. The fourth-order valence-corrected chi connectivity index (χ4v) is 1.71. The Bertz CT molecular complexity index is 841. The standard InChI is InChI=1S/C12H9F2N3O4/c1-2-16-12(21)17(10(18)9(15-16)11(19)20)6-3-4-7(13)8(14)5-6/h3-5H,2H2,1H3,(H,19,20). The highest BCUT2D eigenvalue weighted by Crippen LogP contribution is 2.10. The zero-order valence-corrected chi connectivity index (χ0v) is 10.7. The second-order valence-corrected chi connectivity index (χ2v) is 3.99. The predicted molar refractivity (Wildman–Crippen MR) is 66.6 cm³/mol. The van der Waals surface area contributed by atoms with Crippen LogP contribution in [0.25, 0.3) is 5.69 Å². The third-order valence-electron chi connectivity index (χ3n) is 2.70. The Morgan fingerprint density at radius 3 is 2.48 bits per heavy atom. The van der Waals surface area contributed by atoms with Crippen molar-refractivity contribution < 1.29 is 18.7 Å². The second-order valence-electron chi connectivity index (χ2n) is 3.99. The maximum atomic E-state index is 13.2. The average molecular weight is 297 g/mol. The quantitative estimate of drug-likeness (QED) is 0.884. The second kappa shape index (κ2) is 5.27. The predicted octanol–water partition coefficient (Wildman–Crippen LogP) is 0.390. The van der Waals surface area contributed by atoms with Gasteiger partial charge in [-0.3, -0.25) is 4.79 Å². The highest BCUT2D eigenvalue weighted by molar-refractivity contribution is 5.84. The van der Waals surface area contributed by atoms with E-state index in [1.807, 2.05) is 0 Å². The fraction of sp³-hybridized carbons (Fsp3) is 0.167. The number of aromatic nitrogens is 3. The third-order valence-corrected chi connectivity index (χ3v) is 2.70. The lowest BCUT2D eigenvalue weighted by atomic mass is 10.3. The van der Waals surface area contributed by atoms with Crippen molar-refractivity contribution in [2.24, 2.45) is 0 Å². The molecule has 0 amide bonds. The molecule has 0 atom stereocenters. The van der Waals surface area contributed by atoms with Crippen LogP contribution in [-0.2, 0) is 6.54 Å². The van der Waals surface area contributed by atoms with Crippen molar-refractivity contribution in [3.63, 3.8) is 0 Å². The van der Waals surface area contributed by atoms with E-state index in [9.17, 15) is 23.2 Å². The van der Waals surface area contributed by atoms with Gasteiger partial charge in [-0.1, -0.05) is 0 Å². The zero-order chi connectivity index (χ0) is 15.7. The van der Waals surface area contributed by atoms with Crippen molar-refractivity contribution in [1.82, 2.24) is 14.3 Å². The molecule has 0 fully saturated rings. The Kier molecular flexibility index (Phi) is 3.66. The molecule has 0 aliphatic heterocycles. The first kappa shape index (κ1) is 14.6. The monoisotopic (exact) mass is 297 g/mol. The summed E-state index contributed by atoms with van der Waals surface area (Å²) in [4.78, 5) is 35.0. The van der Waals surface area contributed by atoms with Crippen molar-refractivity contribution in [3.05, 3.63) is 56.4 Å². The van der Waals surface area contributed by atoms with Gasteiger partial charge in [0.05, 0.1) is 5.69 Å². The number of carboxylic acid groups (broad SMARTS) is 1. The number of hydrogen-bond donors (Lipinski definition) is 1. The molecule has 0 spiro atoms. The van der Waals surface area contributed by atoms with Gasteiger partial charge in [0, 0.05) is 12.6 Å². The first-order valence-corrected chi connectivity index (χ1v) is 5.79. The van der Waals surface area contributed by atoms with Crippen LogP contribution in [0.2, 0.25) is 0 Å². The van der Waals surface area contributed by atoms with Crippen LogP contribution in [0.15, 0.2) is 27.8 Å². The summed E-state index contributed by atoms with van der Waals surface area (Å²) in [6, 6.07) is 2.35. The molecule has 0 aliphatic carbocycles. The molecule has 2 aromatic rings. The van der Waals surface area contributed by atoms with E-state index in [0.717, 1.165) is 16.8 Å². The summed E-state index contributed by atoms with van der Waals surface area (Å²) < 4.78 is 27.3. The van der Waals surface area contributed by atoms with E-state index in [-0.39, 0.29) is 12.2 Å². The molecule has 110 valence electrons. The van der Waals surface area contributed by atoms with E-state index in [1.165, 1.54) is 6.92 Å². The number of carbonyl (C=O) groups is 1. The fourth-order valence-electron chi connectivity index (χ4n) is 1.71. The van der Waals surface area contributed by atoms with Gasteiger partial charge in [0.25, 0.3) is 5.56 Å². The van der Waals surface area contributed by atoms with Gasteiger partial charge in [-0.2, -0.15) is 5.10 Å². The molecule has 1 N–H and O–H groups in total. The molecule has 0 unspecified atom stereocenters. The van der Waals surface area contributed by atoms with Crippen LogP contribution in [0.3, 0.4) is 0 Å². The first-order valence-electron chi connectivity index (χ1n) is 5.79. The molecule has 1 aromatic heterocycles. The van der Waals surface area contributed by atoms with Crippen molar-refractivity contribution in [1.29, 1.82) is 0 Å². The van der Waals surface area contributed by atoms with E-state index in [2.05, 4.69) is 5.10 Å². The summed E-state index contributed by atoms with van der Waals surface area (Å²) in [7, 11) is 0. The Morgan fingerprint density at radius 1 is 1.29 bits per heavy atom. The zero-order valence-electron chi connectivity index (χ0n) is 10.7. The molecule has 0 bridgehead atoms. The minimum Gasteiger partial charge on any atom is -0.476 e. The molecular weight excluding hydrogens is 288 g/mol. The van der Waals surface area contributed by atoms with Crippen LogP contribution in [-0.4, -0.2) is 25.4 Å². The summed E-state index contributed by atoms with van der Waals surface area (Å²) in [6.45, 7) is 1.52. The number of aromatic carboxylic acids is 1. The van der Waals surface area contributed by atoms with Gasteiger partial charge >= 0.3 is 11.7 Å². The number of rotatable bonds is 3. The van der Waals surface area contributed by atoms with Crippen molar-refractivity contribution >= 4 is 5.97 Å². The summed E-state index contributed by atoms with van der Waals surface area (Å²) in [5, 5.41) is 12.3. The van der Waals surface area contributed by atoms with Gasteiger partial charge < -0.3 is 5.11 Å². The smallest absolute Gasteiger partial charge is 0.362 e. The first-order chi connectivity index (χ1) is 9.86. The van der Waals surface area contributed by atoms with Gasteiger partial charge in [-0.15, -0.1) is 0 Å². The molecule has 0 radical (unpaired) electrons. The molecule has 7 nitrogen and oxygen atoms in total. The maximum Gasteiger partial charge on any atom is 0.362 e. The molecule has 21 heavy (non-hydrogen) atoms. The SMILES string of the molecule is CCn1nc(C(=O)O)c(=O)n(-c2ccc(F)c(F)c2)c1=O. The van der Waals surface area contributed by atoms with E-state index >= 15 is 0 Å². The lowest BCUT2D eigenvalue weighted by Gasteiger charge is -2.09. The van der Waals surface area contributed by atoms with E-state index in [4.69, 9.17) is 5.11 Å². The van der Waals surface area contributed by atoms with Crippen LogP contribution >= 0.6 is 0 Å². The van der Waals surface area contributed by atoms with E-state index in [1.54, 1.807) is 0 Å². The van der Waals surface area contributed by atoms with E-state index < -0.39 is 34.5 Å². The van der Waals surface area contributed by atoms with Gasteiger partial charge in [0.1, 0.15) is 0 Å². The normalized spacial score (nSPS) is 10.6. The molecule has 0 saturated carbocycles. The van der Waals surface area contributed by atoms with Gasteiger partial charge in [-0.25, -0.2) is 27.6 Å². The highest BCUT2D eigenvalue weighted by Gasteiger charge is 2.19. The lowest BCUT2D eigenvalue weighted by Crippen LogP contribution is -2.43. The highest BCUT2D eigenvalue weighted by atomic mass is 19.2. The minimum atomic E-state index is -1.63. The number of nitrogens with zero attached hydrogens (tertiary/aromatic N) is 3. The topological polar surface area (TPSA) is 94.2 Å². The van der Waals surface area contributed by atoms with Crippen molar-refractivity contribution in [2.45, 2.75) is 13.5 Å². The maximum absolute atomic E-state index is 13.2. The largest absolute Gasteiger partial charge is 0.476 e. The Labute approximate surface area is 115 Å². The van der Waals surface area contributed by atoms with E-state index in [0.29, 0.717) is 10.6 Å². The number of halogens is 2. The summed E-state index contributed by atoms with van der Waals surface area (Å²) in [5.74, 6) is -4.05. The van der Waals surface area contributed by atoms with Crippen LogP contribution in [0.5, 0.6) is 0 Å². The third kappa shape index (κ3) is 2.45. The number of aryl methyl sites for hydroxylation is 1. The molecule has 0 saturated heterocycles. The van der Waals surface area contributed by atoms with Crippen LogP contribution in [0, 0.1) is 11.6 Å². The van der Waals surface area contributed by atoms with Crippen LogP contribution in [0.4, 0.5) is 8.78 Å². The minimum absolute atomic E-state index is 0.00305. The van der Waals surface area contributed by atoms with Crippen molar-refractivity contribution in [3.8, 4) is 5.69 Å². The Morgan fingerprint density at radius 2 is 1.95 bits per heavy atom. The molecule has 1 heterocycles. The molecule has 0 aliphatic rings. The van der Waals surface area contributed by atoms with Gasteiger partial charge in [-0.05, 0) is 19.1 Å².